The van der Waals surface area contributed by atoms with E-state index in [1.54, 1.807) is 43.3 Å². The summed E-state index contributed by atoms with van der Waals surface area (Å²) in [5.41, 5.74) is 2.26. The van der Waals surface area contributed by atoms with Crippen LogP contribution in [0.1, 0.15) is 28.4 Å². The maximum absolute atomic E-state index is 13.1. The molecule has 0 N–H and O–H groups in total. The van der Waals surface area contributed by atoms with Gasteiger partial charge in [0, 0.05) is 17.8 Å². The molecule has 6 nitrogen and oxygen atoms in total. The number of hydrogen-bond donors (Lipinski definition) is 0. The van der Waals surface area contributed by atoms with Gasteiger partial charge in [0.1, 0.15) is 16.5 Å². The van der Waals surface area contributed by atoms with Crippen molar-refractivity contribution in [2.45, 2.75) is 19.5 Å². The van der Waals surface area contributed by atoms with E-state index >= 15 is 0 Å². The van der Waals surface area contributed by atoms with E-state index in [1.165, 1.54) is 23.5 Å². The van der Waals surface area contributed by atoms with Crippen molar-refractivity contribution in [1.29, 1.82) is 0 Å². The molecular formula is C32H26F3N3O3S. The number of carbonyl (C=O) groups is 1. The molecule has 10 heteroatoms. The van der Waals surface area contributed by atoms with E-state index < -0.39 is 17.7 Å². The Balaban J connectivity index is 1.42. The van der Waals surface area contributed by atoms with Crippen LogP contribution in [-0.4, -0.2) is 29.3 Å². The summed E-state index contributed by atoms with van der Waals surface area (Å²) in [4.78, 5) is 14.4. The molecule has 0 fully saturated rings. The molecule has 0 amide bonds. The fraction of sp³-hybridized carbons (Fsp3) is 0.156. The summed E-state index contributed by atoms with van der Waals surface area (Å²) in [5, 5.41) is 10.1. The van der Waals surface area contributed by atoms with Crippen LogP contribution in [-0.2, 0) is 17.3 Å². The molecule has 0 aliphatic carbocycles. The highest BCUT2D eigenvalue weighted by molar-refractivity contribution is 7.18. The van der Waals surface area contributed by atoms with Crippen molar-refractivity contribution in [2.75, 3.05) is 18.1 Å². The van der Waals surface area contributed by atoms with Gasteiger partial charge in [-0.05, 0) is 67.4 Å². The molecule has 42 heavy (non-hydrogen) atoms. The molecule has 0 saturated carbocycles. The molecule has 1 aromatic heterocycles. The Bertz CT molecular complexity index is 1660. The molecule has 0 spiro atoms. The highest BCUT2D eigenvalue weighted by atomic mass is 32.1. The third kappa shape index (κ3) is 7.13. The standard InChI is InChI=1S/C32H26F3N3O3S/c1-2-40-30(39)24-12-6-14-26(19-24)38(18-17-22-9-4-3-5-10-22)31-37-36-29(42-31)23-11-7-15-27(20-23)41-28-16-8-13-25(21-28)32(33,34)35/h3-16,19-21H,2,17-18H2,1H3. The van der Waals surface area contributed by atoms with Crippen molar-refractivity contribution in [3.8, 4) is 22.1 Å². The number of hydrogen-bond acceptors (Lipinski definition) is 7. The first-order valence-corrected chi connectivity index (χ1v) is 14.0. The Morgan fingerprint density at radius 3 is 2.36 bits per heavy atom. The summed E-state index contributed by atoms with van der Waals surface area (Å²) < 4.78 is 50.3. The van der Waals surface area contributed by atoms with Gasteiger partial charge in [-0.3, -0.25) is 0 Å². The third-order valence-electron chi connectivity index (χ3n) is 6.26. The van der Waals surface area contributed by atoms with Gasteiger partial charge < -0.3 is 14.4 Å². The van der Waals surface area contributed by atoms with Crippen LogP contribution in [0.15, 0.2) is 103 Å². The van der Waals surface area contributed by atoms with Crippen molar-refractivity contribution < 1.29 is 27.4 Å². The molecule has 214 valence electrons. The first kappa shape index (κ1) is 28.8. The first-order chi connectivity index (χ1) is 20.3. The molecule has 1 heterocycles. The van der Waals surface area contributed by atoms with E-state index in [0.29, 0.717) is 33.6 Å². The summed E-state index contributed by atoms with van der Waals surface area (Å²) in [5.74, 6) is 0.0399. The number of ether oxygens (including phenoxy) is 2. The van der Waals surface area contributed by atoms with E-state index in [1.807, 2.05) is 35.2 Å². The Labute approximate surface area is 245 Å². The van der Waals surface area contributed by atoms with E-state index in [2.05, 4.69) is 22.3 Å². The number of benzene rings is 4. The lowest BCUT2D eigenvalue weighted by atomic mass is 10.1. The van der Waals surface area contributed by atoms with Crippen LogP contribution in [0.5, 0.6) is 11.5 Å². The monoisotopic (exact) mass is 589 g/mol. The van der Waals surface area contributed by atoms with E-state index in [-0.39, 0.29) is 12.4 Å². The molecule has 0 aliphatic rings. The quantitative estimate of drug-likeness (QED) is 0.152. The van der Waals surface area contributed by atoms with Crippen LogP contribution in [0.25, 0.3) is 10.6 Å². The topological polar surface area (TPSA) is 64.5 Å². The predicted octanol–water partition coefficient (Wildman–Crippen LogP) is 8.57. The Morgan fingerprint density at radius 1 is 0.857 bits per heavy atom. The van der Waals surface area contributed by atoms with E-state index in [4.69, 9.17) is 9.47 Å². The van der Waals surface area contributed by atoms with E-state index in [0.717, 1.165) is 29.8 Å². The van der Waals surface area contributed by atoms with Gasteiger partial charge in [-0.1, -0.05) is 65.9 Å². The first-order valence-electron chi connectivity index (χ1n) is 13.2. The summed E-state index contributed by atoms with van der Waals surface area (Å²) in [6, 6.07) is 28.9. The number of anilines is 2. The van der Waals surface area contributed by atoms with Crippen LogP contribution in [0.2, 0.25) is 0 Å². The second-order valence-corrected chi connectivity index (χ2v) is 10.2. The minimum Gasteiger partial charge on any atom is -0.462 e. The molecule has 0 saturated heterocycles. The smallest absolute Gasteiger partial charge is 0.416 e. The Morgan fingerprint density at radius 2 is 1.60 bits per heavy atom. The van der Waals surface area contributed by atoms with Crippen molar-refractivity contribution in [2.24, 2.45) is 0 Å². The number of alkyl halides is 3. The Kier molecular flexibility index (Phi) is 8.83. The van der Waals surface area contributed by atoms with Crippen LogP contribution in [0.3, 0.4) is 0 Å². The number of carbonyl (C=O) groups excluding carboxylic acids is 1. The number of nitrogens with zero attached hydrogens (tertiary/aromatic N) is 3. The zero-order valence-electron chi connectivity index (χ0n) is 22.5. The fourth-order valence-corrected chi connectivity index (χ4v) is 5.13. The normalized spacial score (nSPS) is 11.2. The maximum atomic E-state index is 13.1. The molecule has 5 rings (SSSR count). The number of aromatic nitrogens is 2. The lowest BCUT2D eigenvalue weighted by Gasteiger charge is -2.22. The van der Waals surface area contributed by atoms with Gasteiger partial charge in [0.25, 0.3) is 0 Å². The molecule has 5 aromatic rings. The van der Waals surface area contributed by atoms with Gasteiger partial charge >= 0.3 is 12.1 Å². The molecule has 0 radical (unpaired) electrons. The second-order valence-electron chi connectivity index (χ2n) is 9.20. The van der Waals surface area contributed by atoms with Crippen LogP contribution < -0.4 is 9.64 Å². The molecule has 4 aromatic carbocycles. The van der Waals surface area contributed by atoms with Gasteiger partial charge in [-0.25, -0.2) is 4.79 Å². The molecule has 0 aliphatic heterocycles. The summed E-state index contributed by atoms with van der Waals surface area (Å²) >= 11 is 1.35. The van der Waals surface area contributed by atoms with Crippen molar-refractivity contribution in [3.63, 3.8) is 0 Å². The predicted molar refractivity (Wildman–Crippen MR) is 156 cm³/mol. The van der Waals surface area contributed by atoms with Crippen molar-refractivity contribution >= 4 is 28.1 Å². The lowest BCUT2D eigenvalue weighted by Crippen LogP contribution is -2.20. The molecule has 0 bridgehead atoms. The molecule has 0 unspecified atom stereocenters. The average molecular weight is 590 g/mol. The minimum atomic E-state index is -4.47. The van der Waals surface area contributed by atoms with Crippen LogP contribution in [0.4, 0.5) is 24.0 Å². The highest BCUT2D eigenvalue weighted by Gasteiger charge is 2.30. The number of esters is 1. The van der Waals surface area contributed by atoms with E-state index in [9.17, 15) is 18.0 Å². The van der Waals surface area contributed by atoms with Gasteiger partial charge in [0.05, 0.1) is 17.7 Å². The zero-order valence-corrected chi connectivity index (χ0v) is 23.4. The largest absolute Gasteiger partial charge is 0.462 e. The number of rotatable bonds is 10. The zero-order chi connectivity index (χ0) is 29.5. The average Bonchev–Trinajstić information content (AvgIpc) is 3.48. The van der Waals surface area contributed by atoms with Gasteiger partial charge in [-0.15, -0.1) is 10.2 Å². The number of halogens is 3. The Hall–Kier alpha value is -4.70. The third-order valence-corrected chi connectivity index (χ3v) is 7.25. The SMILES string of the molecule is CCOC(=O)c1cccc(N(CCc2ccccc2)c2nnc(-c3cccc(Oc4cccc(C(F)(F)F)c4)c3)s2)c1. The molecule has 0 atom stereocenters. The van der Waals surface area contributed by atoms with Gasteiger partial charge in [0.15, 0.2) is 0 Å². The lowest BCUT2D eigenvalue weighted by molar-refractivity contribution is -0.137. The van der Waals surface area contributed by atoms with Gasteiger partial charge in [-0.2, -0.15) is 13.2 Å². The van der Waals surface area contributed by atoms with Crippen LogP contribution in [0, 0.1) is 0 Å². The van der Waals surface area contributed by atoms with Crippen LogP contribution >= 0.6 is 11.3 Å². The molecular weight excluding hydrogens is 563 g/mol. The van der Waals surface area contributed by atoms with Crippen molar-refractivity contribution in [3.05, 3.63) is 120 Å². The fourth-order valence-electron chi connectivity index (χ4n) is 4.24. The minimum absolute atomic E-state index is 0.0773. The highest BCUT2D eigenvalue weighted by Crippen LogP contribution is 2.36. The second kappa shape index (κ2) is 12.9. The maximum Gasteiger partial charge on any atom is 0.416 e. The van der Waals surface area contributed by atoms with Crippen molar-refractivity contribution in [1.82, 2.24) is 10.2 Å². The summed E-state index contributed by atoms with van der Waals surface area (Å²) in [6.45, 7) is 2.61. The summed E-state index contributed by atoms with van der Waals surface area (Å²) in [6.07, 6.45) is -3.74. The summed E-state index contributed by atoms with van der Waals surface area (Å²) in [7, 11) is 0. The van der Waals surface area contributed by atoms with Gasteiger partial charge in [0.2, 0.25) is 5.13 Å².